The number of nitrogens with one attached hydrogen (secondary N) is 1. The van der Waals surface area contributed by atoms with Crippen molar-refractivity contribution in [2.24, 2.45) is 0 Å². The first-order valence-electron chi connectivity index (χ1n) is 7.23. The fourth-order valence-electron chi connectivity index (χ4n) is 2.44. The molecule has 1 atom stereocenters. The van der Waals surface area contributed by atoms with Crippen LogP contribution in [-0.4, -0.2) is 32.3 Å². The van der Waals surface area contributed by atoms with Crippen LogP contribution < -0.4 is 5.32 Å². The first kappa shape index (κ1) is 15.4. The van der Waals surface area contributed by atoms with E-state index < -0.39 is 0 Å². The number of aromatic nitrogens is 3. The van der Waals surface area contributed by atoms with E-state index in [1.807, 2.05) is 35.6 Å². The van der Waals surface area contributed by atoms with Gasteiger partial charge >= 0.3 is 0 Å². The van der Waals surface area contributed by atoms with Crippen molar-refractivity contribution in [1.82, 2.24) is 19.9 Å². The lowest BCUT2D eigenvalue weighted by molar-refractivity contribution is -0.120. The molecule has 6 heteroatoms. The molecule has 0 radical (unpaired) electrons. The monoisotopic (exact) mass is 324 g/mol. The predicted molar refractivity (Wildman–Crippen MR) is 92.4 cm³/mol. The Morgan fingerprint density at radius 1 is 1.43 bits per heavy atom. The van der Waals surface area contributed by atoms with E-state index in [4.69, 9.17) is 6.42 Å². The topological polar surface area (TPSA) is 59.3 Å². The molecule has 1 unspecified atom stereocenters. The van der Waals surface area contributed by atoms with Crippen LogP contribution >= 0.6 is 11.8 Å². The van der Waals surface area contributed by atoms with Crippen LogP contribution in [-0.2, 0) is 4.79 Å². The summed E-state index contributed by atoms with van der Waals surface area (Å²) < 4.78 is 1.98. The van der Waals surface area contributed by atoms with E-state index >= 15 is 0 Å². The lowest BCUT2D eigenvalue weighted by atomic mass is 10.1. The molecule has 1 N–H and O–H groups in total. The van der Waals surface area contributed by atoms with Gasteiger partial charge < -0.3 is 5.32 Å². The number of pyridine rings is 1. The predicted octanol–water partition coefficient (Wildman–Crippen LogP) is 2.42. The van der Waals surface area contributed by atoms with Crippen LogP contribution in [0, 0.1) is 19.3 Å². The number of hydrogen-bond donors (Lipinski definition) is 1. The number of aryl methyl sites for hydroxylation is 1. The zero-order chi connectivity index (χ0) is 16.4. The Morgan fingerprint density at radius 2 is 2.22 bits per heavy atom. The van der Waals surface area contributed by atoms with Crippen molar-refractivity contribution in [3.63, 3.8) is 0 Å². The number of nitrogens with zero attached hydrogens (tertiary/aromatic N) is 3. The van der Waals surface area contributed by atoms with E-state index in [0.717, 1.165) is 22.1 Å². The molecule has 2 aromatic heterocycles. The van der Waals surface area contributed by atoms with E-state index in [1.165, 1.54) is 11.8 Å². The largest absolute Gasteiger partial charge is 0.344 e. The Kier molecular flexibility index (Phi) is 4.22. The molecule has 0 saturated carbocycles. The minimum atomic E-state index is -0.309. The Morgan fingerprint density at radius 3 is 3.00 bits per heavy atom. The van der Waals surface area contributed by atoms with Gasteiger partial charge in [0.1, 0.15) is 0 Å². The van der Waals surface area contributed by atoms with Crippen LogP contribution in [0.1, 0.15) is 12.5 Å². The third kappa shape index (κ3) is 2.88. The summed E-state index contributed by atoms with van der Waals surface area (Å²) in [6, 6.07) is 10.1. The lowest BCUT2D eigenvalue weighted by Gasteiger charge is -2.11. The normalized spacial score (nSPS) is 12.2. The average molecular weight is 324 g/mol. The first-order chi connectivity index (χ1) is 11.1. The minimum Gasteiger partial charge on any atom is -0.344 e. The summed E-state index contributed by atoms with van der Waals surface area (Å²) in [4.78, 5) is 12.0. The molecule has 3 aromatic rings. The Bertz CT molecular complexity index is 925. The van der Waals surface area contributed by atoms with Crippen LogP contribution in [0.25, 0.3) is 16.6 Å². The maximum absolute atomic E-state index is 12.0. The van der Waals surface area contributed by atoms with E-state index in [9.17, 15) is 4.79 Å². The number of terminal acetylenes is 1. The quantitative estimate of drug-likeness (QED) is 0.591. The van der Waals surface area contributed by atoms with Crippen LogP contribution in [0.4, 0.5) is 0 Å². The number of thioether (sulfide) groups is 1. The van der Waals surface area contributed by atoms with E-state index in [2.05, 4.69) is 34.4 Å². The molecule has 0 aliphatic heterocycles. The SMILES string of the molecule is C#CCNC(=O)C(C)Sc1nnc2cc(C)c3ccccc3n12. The second-order valence-corrected chi connectivity index (χ2v) is 6.51. The van der Waals surface area contributed by atoms with Gasteiger partial charge in [0.05, 0.1) is 17.3 Å². The van der Waals surface area contributed by atoms with Crippen LogP contribution in [0.3, 0.4) is 0 Å². The maximum atomic E-state index is 12.0. The number of hydrogen-bond acceptors (Lipinski definition) is 4. The van der Waals surface area contributed by atoms with Crippen molar-refractivity contribution in [3.8, 4) is 12.3 Å². The van der Waals surface area contributed by atoms with Crippen LogP contribution in [0.5, 0.6) is 0 Å². The first-order valence-corrected chi connectivity index (χ1v) is 8.11. The summed E-state index contributed by atoms with van der Waals surface area (Å²) in [5.41, 5.74) is 2.96. The Hall–Kier alpha value is -2.52. The molecule has 116 valence electrons. The summed E-state index contributed by atoms with van der Waals surface area (Å²) in [5, 5.41) is 12.7. The highest BCUT2D eigenvalue weighted by molar-refractivity contribution is 8.00. The summed E-state index contributed by atoms with van der Waals surface area (Å²) in [6.45, 7) is 4.11. The lowest BCUT2D eigenvalue weighted by Crippen LogP contribution is -2.31. The fraction of sp³-hybridized carbons (Fsp3) is 0.235. The Labute approximate surface area is 138 Å². The fourth-order valence-corrected chi connectivity index (χ4v) is 3.34. The van der Waals surface area contributed by atoms with Gasteiger partial charge in [-0.25, -0.2) is 0 Å². The molecule has 0 saturated heterocycles. The number of para-hydroxylation sites is 1. The van der Waals surface area contributed by atoms with Gasteiger partial charge in [-0.15, -0.1) is 16.6 Å². The van der Waals surface area contributed by atoms with E-state index in [0.29, 0.717) is 5.16 Å². The number of carbonyl (C=O) groups excluding carboxylic acids is 1. The van der Waals surface area contributed by atoms with Gasteiger partial charge in [-0.1, -0.05) is 35.9 Å². The van der Waals surface area contributed by atoms with Crippen LogP contribution in [0.15, 0.2) is 35.5 Å². The molecule has 0 aliphatic carbocycles. The molecule has 1 aromatic carbocycles. The molecular weight excluding hydrogens is 308 g/mol. The number of carbonyl (C=O) groups is 1. The molecule has 0 bridgehead atoms. The third-order valence-electron chi connectivity index (χ3n) is 3.59. The highest BCUT2D eigenvalue weighted by Crippen LogP contribution is 2.27. The van der Waals surface area contributed by atoms with Gasteiger partial charge in [-0.05, 0) is 31.5 Å². The molecule has 3 rings (SSSR count). The van der Waals surface area contributed by atoms with Crippen molar-refractivity contribution in [2.75, 3.05) is 6.54 Å². The summed E-state index contributed by atoms with van der Waals surface area (Å²) in [7, 11) is 0. The molecule has 1 amide bonds. The molecule has 0 aliphatic rings. The number of fused-ring (bicyclic) bond motifs is 3. The molecular formula is C17H16N4OS. The summed E-state index contributed by atoms with van der Waals surface area (Å²) >= 11 is 1.37. The van der Waals surface area contributed by atoms with Crippen molar-refractivity contribution in [1.29, 1.82) is 0 Å². The van der Waals surface area contributed by atoms with Gasteiger partial charge in [-0.3, -0.25) is 9.20 Å². The van der Waals surface area contributed by atoms with Crippen LogP contribution in [0.2, 0.25) is 0 Å². The van der Waals surface area contributed by atoms with E-state index in [1.54, 1.807) is 0 Å². The molecule has 5 nitrogen and oxygen atoms in total. The van der Waals surface area contributed by atoms with Gasteiger partial charge in [0.2, 0.25) is 5.91 Å². The zero-order valence-electron chi connectivity index (χ0n) is 12.9. The number of rotatable bonds is 4. The van der Waals surface area contributed by atoms with Crippen molar-refractivity contribution >= 4 is 34.2 Å². The smallest absolute Gasteiger partial charge is 0.234 e. The third-order valence-corrected chi connectivity index (χ3v) is 4.63. The molecule has 2 heterocycles. The summed E-state index contributed by atoms with van der Waals surface area (Å²) in [5.74, 6) is 2.29. The second kappa shape index (κ2) is 6.31. The number of benzene rings is 1. The molecule has 23 heavy (non-hydrogen) atoms. The second-order valence-electron chi connectivity index (χ2n) is 5.20. The Balaban J connectivity index is 2.01. The van der Waals surface area contributed by atoms with Gasteiger partial charge in [0, 0.05) is 5.39 Å². The van der Waals surface area contributed by atoms with Gasteiger partial charge in [0.15, 0.2) is 10.8 Å². The number of amides is 1. The highest BCUT2D eigenvalue weighted by atomic mass is 32.2. The molecule has 0 spiro atoms. The van der Waals surface area contributed by atoms with Gasteiger partial charge in [0.25, 0.3) is 0 Å². The van der Waals surface area contributed by atoms with Crippen molar-refractivity contribution < 1.29 is 4.79 Å². The summed E-state index contributed by atoms with van der Waals surface area (Å²) in [6.07, 6.45) is 5.17. The van der Waals surface area contributed by atoms with E-state index in [-0.39, 0.29) is 17.7 Å². The molecule has 0 fully saturated rings. The minimum absolute atomic E-state index is 0.110. The zero-order valence-corrected chi connectivity index (χ0v) is 13.7. The standard InChI is InChI=1S/C17H16N4OS/c1-4-9-18-16(22)12(3)23-17-20-19-15-10-11(2)13-7-5-6-8-14(13)21(15)17/h1,5-8,10,12H,9H2,2-3H3,(H,18,22). The van der Waals surface area contributed by atoms with Crippen molar-refractivity contribution in [3.05, 3.63) is 35.9 Å². The average Bonchev–Trinajstić information content (AvgIpc) is 2.95. The highest BCUT2D eigenvalue weighted by Gasteiger charge is 2.18. The van der Waals surface area contributed by atoms with Crippen molar-refractivity contribution in [2.45, 2.75) is 24.3 Å². The maximum Gasteiger partial charge on any atom is 0.234 e. The van der Waals surface area contributed by atoms with Gasteiger partial charge in [-0.2, -0.15) is 0 Å².